The van der Waals surface area contributed by atoms with Gasteiger partial charge in [0.2, 0.25) is 0 Å². The van der Waals surface area contributed by atoms with Crippen LogP contribution in [0.25, 0.3) is 11.6 Å². The molecule has 0 bridgehead atoms. The van der Waals surface area contributed by atoms with Gasteiger partial charge >= 0.3 is 7.12 Å². The molecule has 4 heteroatoms. The lowest BCUT2D eigenvalue weighted by atomic mass is 9.77. The first-order valence-electron chi connectivity index (χ1n) is 9.30. The largest absolute Gasteiger partial charge is 0.494 e. The van der Waals surface area contributed by atoms with Crippen LogP contribution in [0.1, 0.15) is 44.4 Å². The van der Waals surface area contributed by atoms with Crippen molar-refractivity contribution < 1.29 is 14.0 Å². The molecular formula is C22H23BO3. The standard InChI is InChI=1S/C22H23BO3/c1-21(2)22(3,4)26-23(25-21)16-9-10-19-18(13-16)17-11-14-7-5-6-8-15(14)12-20(17)24-19/h5-11,13,20H,12H2,1-4H3. The van der Waals surface area contributed by atoms with Gasteiger partial charge in [-0.1, -0.05) is 36.4 Å². The van der Waals surface area contributed by atoms with Crippen molar-refractivity contribution in [1.82, 2.24) is 0 Å². The molecule has 132 valence electrons. The molecule has 3 nitrogen and oxygen atoms in total. The van der Waals surface area contributed by atoms with Gasteiger partial charge in [0.25, 0.3) is 0 Å². The van der Waals surface area contributed by atoms with Gasteiger partial charge in [0.05, 0.1) is 11.2 Å². The number of benzene rings is 2. The molecule has 0 radical (unpaired) electrons. The summed E-state index contributed by atoms with van der Waals surface area (Å²) in [5, 5.41) is 0. The Morgan fingerprint density at radius 1 is 0.962 bits per heavy atom. The molecule has 0 N–H and O–H groups in total. The van der Waals surface area contributed by atoms with Crippen molar-refractivity contribution in [2.24, 2.45) is 0 Å². The van der Waals surface area contributed by atoms with Crippen LogP contribution in [0.5, 0.6) is 5.75 Å². The zero-order chi connectivity index (χ0) is 18.1. The highest BCUT2D eigenvalue weighted by molar-refractivity contribution is 6.62. The van der Waals surface area contributed by atoms with E-state index >= 15 is 0 Å². The summed E-state index contributed by atoms with van der Waals surface area (Å²) < 4.78 is 18.7. The van der Waals surface area contributed by atoms with Crippen LogP contribution in [-0.2, 0) is 15.7 Å². The molecule has 0 spiro atoms. The molecule has 2 aromatic carbocycles. The molecule has 1 fully saturated rings. The van der Waals surface area contributed by atoms with Crippen LogP contribution in [0.2, 0.25) is 0 Å². The van der Waals surface area contributed by atoms with Crippen LogP contribution in [-0.4, -0.2) is 24.4 Å². The van der Waals surface area contributed by atoms with E-state index in [1.165, 1.54) is 16.7 Å². The zero-order valence-corrected chi connectivity index (χ0v) is 15.7. The fraction of sp³-hybridized carbons (Fsp3) is 0.364. The monoisotopic (exact) mass is 346 g/mol. The maximum atomic E-state index is 6.22. The maximum Gasteiger partial charge on any atom is 0.494 e. The second kappa shape index (κ2) is 5.24. The van der Waals surface area contributed by atoms with Gasteiger partial charge in [0.1, 0.15) is 11.9 Å². The molecule has 3 aliphatic rings. The Hall–Kier alpha value is -2.04. The molecule has 1 saturated heterocycles. The first-order valence-corrected chi connectivity index (χ1v) is 9.30. The van der Waals surface area contributed by atoms with Crippen molar-refractivity contribution in [1.29, 1.82) is 0 Å². The average molecular weight is 346 g/mol. The first kappa shape index (κ1) is 16.2. The van der Waals surface area contributed by atoms with Crippen molar-refractivity contribution in [2.75, 3.05) is 0 Å². The van der Waals surface area contributed by atoms with Gasteiger partial charge < -0.3 is 14.0 Å². The highest BCUT2D eigenvalue weighted by Gasteiger charge is 2.52. The number of fused-ring (bicyclic) bond motifs is 4. The summed E-state index contributed by atoms with van der Waals surface area (Å²) in [6, 6.07) is 14.8. The zero-order valence-electron chi connectivity index (χ0n) is 15.7. The van der Waals surface area contributed by atoms with Gasteiger partial charge in [-0.25, -0.2) is 0 Å². The Kier molecular flexibility index (Phi) is 3.26. The second-order valence-corrected chi connectivity index (χ2v) is 8.45. The van der Waals surface area contributed by atoms with E-state index in [2.05, 4.69) is 76.2 Å². The summed E-state index contributed by atoms with van der Waals surface area (Å²) in [4.78, 5) is 0. The molecular weight excluding hydrogens is 323 g/mol. The molecule has 1 aliphatic carbocycles. The van der Waals surface area contributed by atoms with Crippen LogP contribution in [0, 0.1) is 0 Å². The quantitative estimate of drug-likeness (QED) is 0.735. The number of hydrogen-bond donors (Lipinski definition) is 0. The van der Waals surface area contributed by atoms with Crippen LogP contribution in [0.4, 0.5) is 0 Å². The Morgan fingerprint density at radius 2 is 1.69 bits per heavy atom. The van der Waals surface area contributed by atoms with Crippen molar-refractivity contribution >= 4 is 24.2 Å². The number of ether oxygens (including phenoxy) is 1. The summed E-state index contributed by atoms with van der Waals surface area (Å²) in [6.07, 6.45) is 3.29. The third-order valence-electron chi connectivity index (χ3n) is 6.23. The molecule has 2 heterocycles. The SMILES string of the molecule is CC1(C)OB(c2ccc3c(c2)C2=Cc4ccccc4CC2O3)OC1(C)C. The minimum absolute atomic E-state index is 0.105. The molecule has 1 atom stereocenters. The van der Waals surface area contributed by atoms with Crippen LogP contribution < -0.4 is 10.2 Å². The van der Waals surface area contributed by atoms with Gasteiger partial charge in [0.15, 0.2) is 0 Å². The van der Waals surface area contributed by atoms with E-state index in [0.717, 1.165) is 23.2 Å². The summed E-state index contributed by atoms with van der Waals surface area (Å²) in [5.41, 5.74) is 5.44. The Labute approximate surface area is 155 Å². The Balaban J connectivity index is 1.53. The minimum atomic E-state index is -0.346. The van der Waals surface area contributed by atoms with Gasteiger partial charge in [0, 0.05) is 17.6 Å². The molecule has 5 rings (SSSR count). The lowest BCUT2D eigenvalue weighted by Crippen LogP contribution is -2.41. The molecule has 1 unspecified atom stereocenters. The van der Waals surface area contributed by atoms with Gasteiger partial charge in [-0.05, 0) is 56.4 Å². The lowest BCUT2D eigenvalue weighted by Gasteiger charge is -2.32. The van der Waals surface area contributed by atoms with Gasteiger partial charge in [-0.3, -0.25) is 0 Å². The summed E-state index contributed by atoms with van der Waals surface area (Å²) in [6.45, 7) is 8.33. The smallest absolute Gasteiger partial charge is 0.485 e. The van der Waals surface area contributed by atoms with Crippen molar-refractivity contribution in [2.45, 2.75) is 51.4 Å². The van der Waals surface area contributed by atoms with E-state index in [-0.39, 0.29) is 24.4 Å². The summed E-state index contributed by atoms with van der Waals surface area (Å²) in [5.74, 6) is 0.953. The predicted molar refractivity (Wildman–Crippen MR) is 105 cm³/mol. The molecule has 2 aromatic rings. The fourth-order valence-electron chi connectivity index (χ4n) is 3.94. The highest BCUT2D eigenvalue weighted by Crippen LogP contribution is 2.43. The molecule has 0 amide bonds. The fourth-order valence-corrected chi connectivity index (χ4v) is 3.94. The van der Waals surface area contributed by atoms with E-state index in [4.69, 9.17) is 14.0 Å². The predicted octanol–water partition coefficient (Wildman–Crippen LogP) is 3.84. The van der Waals surface area contributed by atoms with E-state index < -0.39 is 0 Å². The number of rotatable bonds is 1. The van der Waals surface area contributed by atoms with Crippen molar-refractivity contribution in [3.05, 3.63) is 59.2 Å². The summed E-state index contributed by atoms with van der Waals surface area (Å²) >= 11 is 0. The molecule has 26 heavy (non-hydrogen) atoms. The second-order valence-electron chi connectivity index (χ2n) is 8.45. The first-order chi connectivity index (χ1) is 12.3. The van der Waals surface area contributed by atoms with Crippen molar-refractivity contribution in [3.8, 4) is 5.75 Å². The maximum absolute atomic E-state index is 6.22. The lowest BCUT2D eigenvalue weighted by molar-refractivity contribution is 0.00578. The Morgan fingerprint density at radius 3 is 2.46 bits per heavy atom. The van der Waals surface area contributed by atoms with Gasteiger partial charge in [-0.15, -0.1) is 0 Å². The van der Waals surface area contributed by atoms with Crippen molar-refractivity contribution in [3.63, 3.8) is 0 Å². The average Bonchev–Trinajstić information content (AvgIpc) is 3.05. The Bertz CT molecular complexity index is 913. The minimum Gasteiger partial charge on any atom is -0.485 e. The summed E-state index contributed by atoms with van der Waals surface area (Å²) in [7, 11) is -0.346. The normalized spacial score (nSPS) is 24.4. The van der Waals surface area contributed by atoms with E-state index in [1.807, 2.05) is 0 Å². The number of hydrogen-bond acceptors (Lipinski definition) is 3. The molecule has 0 saturated carbocycles. The highest BCUT2D eigenvalue weighted by atomic mass is 16.7. The van der Waals surface area contributed by atoms with E-state index in [1.54, 1.807) is 0 Å². The van der Waals surface area contributed by atoms with Gasteiger partial charge in [-0.2, -0.15) is 0 Å². The van der Waals surface area contributed by atoms with Crippen LogP contribution in [0.3, 0.4) is 0 Å². The van der Waals surface area contributed by atoms with E-state index in [9.17, 15) is 0 Å². The van der Waals surface area contributed by atoms with Crippen LogP contribution in [0.15, 0.2) is 42.5 Å². The van der Waals surface area contributed by atoms with E-state index in [0.29, 0.717) is 0 Å². The molecule has 0 aromatic heterocycles. The van der Waals surface area contributed by atoms with Crippen LogP contribution >= 0.6 is 0 Å². The molecule has 2 aliphatic heterocycles. The third-order valence-corrected chi connectivity index (χ3v) is 6.23. The topological polar surface area (TPSA) is 27.7 Å². The third kappa shape index (κ3) is 2.29.